The third kappa shape index (κ3) is 4.30. The Morgan fingerprint density at radius 3 is 2.25 bits per heavy atom. The van der Waals surface area contributed by atoms with Crippen LogP contribution in [0.5, 0.6) is 0 Å². The number of benzene rings is 2. The molecule has 0 bridgehead atoms. The predicted molar refractivity (Wildman–Crippen MR) is 95.2 cm³/mol. The second-order valence-corrected chi connectivity index (χ2v) is 7.37. The van der Waals surface area contributed by atoms with Crippen LogP contribution in [0.4, 0.5) is 13.2 Å². The summed E-state index contributed by atoms with van der Waals surface area (Å²) < 4.78 is 55.9. The molecule has 28 heavy (non-hydrogen) atoms. The molecule has 1 unspecified atom stereocenters. The molecule has 9 heteroatoms. The number of alkyl halides is 3. The number of carbonyl (C=O) groups is 1. The molecule has 0 fully saturated rings. The van der Waals surface area contributed by atoms with E-state index in [0.29, 0.717) is 17.0 Å². The zero-order chi connectivity index (χ0) is 20.5. The Morgan fingerprint density at radius 1 is 1.11 bits per heavy atom. The van der Waals surface area contributed by atoms with Crippen LogP contribution < -0.4 is 0 Å². The molecule has 1 aromatic heterocycles. The van der Waals surface area contributed by atoms with Crippen molar-refractivity contribution in [2.75, 3.05) is 0 Å². The summed E-state index contributed by atoms with van der Waals surface area (Å²) in [5, 5.41) is 8.93. The molecule has 0 radical (unpaired) electrons. The van der Waals surface area contributed by atoms with Crippen molar-refractivity contribution in [3.05, 3.63) is 71.1 Å². The highest BCUT2D eigenvalue weighted by atomic mass is 32.2. The molecule has 5 nitrogen and oxygen atoms in total. The van der Waals surface area contributed by atoms with Crippen LogP contribution in [0.1, 0.15) is 27.4 Å². The first kappa shape index (κ1) is 19.8. The first-order chi connectivity index (χ1) is 13.1. The van der Waals surface area contributed by atoms with E-state index in [0.717, 1.165) is 12.1 Å². The maximum Gasteiger partial charge on any atom is 0.416 e. The molecule has 146 valence electrons. The molecule has 0 aliphatic carbocycles. The fourth-order valence-electron chi connectivity index (χ4n) is 2.44. The fraction of sp³-hybridized carbons (Fsp3) is 0.158. The van der Waals surface area contributed by atoms with Gasteiger partial charge in [-0.25, -0.2) is 9.78 Å². The molecule has 3 rings (SSSR count). The summed E-state index contributed by atoms with van der Waals surface area (Å²) in [6.45, 7) is 1.64. The van der Waals surface area contributed by atoms with Crippen molar-refractivity contribution in [2.45, 2.75) is 23.7 Å². The number of aryl methyl sites for hydroxylation is 1. The Hall–Kier alpha value is -2.94. The van der Waals surface area contributed by atoms with Gasteiger partial charge in [-0.1, -0.05) is 0 Å². The van der Waals surface area contributed by atoms with E-state index in [1.807, 2.05) is 0 Å². The monoisotopic (exact) mass is 409 g/mol. The number of carboxylic acids is 1. The maximum absolute atomic E-state index is 12.6. The van der Waals surface area contributed by atoms with Crippen molar-refractivity contribution in [1.82, 2.24) is 4.98 Å². The van der Waals surface area contributed by atoms with E-state index in [-0.39, 0.29) is 22.1 Å². The highest BCUT2D eigenvalue weighted by molar-refractivity contribution is 7.84. The van der Waals surface area contributed by atoms with Crippen molar-refractivity contribution >= 4 is 16.8 Å². The molecule has 1 atom stereocenters. The molecule has 1 heterocycles. The molecule has 0 aliphatic rings. The van der Waals surface area contributed by atoms with E-state index in [4.69, 9.17) is 9.52 Å². The largest absolute Gasteiger partial charge is 0.478 e. The SMILES string of the molecule is Cc1oc(-c2ccc(C(=O)O)cc2)nc1CS(=O)c1ccc(C(F)(F)F)cc1. The normalized spacial score (nSPS) is 12.7. The molecule has 0 aliphatic heterocycles. The topological polar surface area (TPSA) is 80.4 Å². The van der Waals surface area contributed by atoms with E-state index < -0.39 is 28.5 Å². The zero-order valence-corrected chi connectivity index (χ0v) is 15.3. The number of halogens is 3. The highest BCUT2D eigenvalue weighted by Crippen LogP contribution is 2.30. The first-order valence-electron chi connectivity index (χ1n) is 8.01. The van der Waals surface area contributed by atoms with E-state index >= 15 is 0 Å². The number of aromatic nitrogens is 1. The van der Waals surface area contributed by atoms with E-state index in [1.54, 1.807) is 19.1 Å². The second kappa shape index (κ2) is 7.59. The van der Waals surface area contributed by atoms with Gasteiger partial charge in [-0.15, -0.1) is 0 Å². The Bertz CT molecular complexity index is 1020. The zero-order valence-electron chi connectivity index (χ0n) is 14.5. The summed E-state index contributed by atoms with van der Waals surface area (Å²) in [6.07, 6.45) is -4.45. The van der Waals surface area contributed by atoms with Crippen LogP contribution in [0.2, 0.25) is 0 Å². The predicted octanol–water partition coefficient (Wildman–Crippen LogP) is 4.67. The third-order valence-electron chi connectivity index (χ3n) is 3.98. The van der Waals surface area contributed by atoms with Crippen molar-refractivity contribution in [3.8, 4) is 11.5 Å². The van der Waals surface area contributed by atoms with Crippen LogP contribution >= 0.6 is 0 Å². The number of oxazole rings is 1. The number of carboxylic acid groups (broad SMARTS) is 1. The smallest absolute Gasteiger partial charge is 0.416 e. The summed E-state index contributed by atoms with van der Waals surface area (Å²) in [4.78, 5) is 15.4. The van der Waals surface area contributed by atoms with Gasteiger partial charge in [0.2, 0.25) is 5.89 Å². The second-order valence-electron chi connectivity index (χ2n) is 5.92. The lowest BCUT2D eigenvalue weighted by Crippen LogP contribution is -2.05. The van der Waals surface area contributed by atoms with Gasteiger partial charge in [0.15, 0.2) is 0 Å². The van der Waals surface area contributed by atoms with Crippen LogP contribution in [0.15, 0.2) is 57.8 Å². The van der Waals surface area contributed by atoms with Crippen LogP contribution in [0, 0.1) is 6.92 Å². The minimum Gasteiger partial charge on any atom is -0.478 e. The van der Waals surface area contributed by atoms with Gasteiger partial charge in [-0.05, 0) is 55.5 Å². The van der Waals surface area contributed by atoms with Gasteiger partial charge >= 0.3 is 12.1 Å². The highest BCUT2D eigenvalue weighted by Gasteiger charge is 2.30. The van der Waals surface area contributed by atoms with Crippen molar-refractivity contribution in [3.63, 3.8) is 0 Å². The summed E-state index contributed by atoms with van der Waals surface area (Å²) >= 11 is 0. The van der Waals surface area contributed by atoms with Crippen LogP contribution in [0.25, 0.3) is 11.5 Å². The Balaban J connectivity index is 1.78. The van der Waals surface area contributed by atoms with E-state index in [2.05, 4.69) is 4.98 Å². The molecule has 0 saturated heterocycles. The Kier molecular flexibility index (Phi) is 5.37. The molecule has 0 saturated carbocycles. The quantitative estimate of drug-likeness (QED) is 0.662. The van der Waals surface area contributed by atoms with Crippen molar-refractivity contribution < 1.29 is 31.7 Å². The number of nitrogens with zero attached hydrogens (tertiary/aromatic N) is 1. The summed E-state index contributed by atoms with van der Waals surface area (Å²) in [7, 11) is -1.60. The summed E-state index contributed by atoms with van der Waals surface area (Å²) in [5.74, 6) is -0.400. The summed E-state index contributed by atoms with van der Waals surface area (Å²) in [5.41, 5.74) is 0.281. The van der Waals surface area contributed by atoms with E-state index in [1.165, 1.54) is 24.3 Å². The minimum atomic E-state index is -4.45. The van der Waals surface area contributed by atoms with Crippen molar-refractivity contribution in [2.24, 2.45) is 0 Å². The first-order valence-corrected chi connectivity index (χ1v) is 9.32. The van der Waals surface area contributed by atoms with Crippen LogP contribution in [0.3, 0.4) is 0 Å². The molecule has 0 amide bonds. The van der Waals surface area contributed by atoms with Gasteiger partial charge in [0.25, 0.3) is 0 Å². The molecule has 2 aromatic carbocycles. The minimum absolute atomic E-state index is 0.0199. The summed E-state index contributed by atoms with van der Waals surface area (Å²) in [6, 6.07) is 10.1. The average Bonchev–Trinajstić information content (AvgIpc) is 3.01. The van der Waals surface area contributed by atoms with Crippen molar-refractivity contribution in [1.29, 1.82) is 0 Å². The molecular formula is C19H14F3NO4S. The standard InChI is InChI=1S/C19H14F3NO4S/c1-11-16(10-28(26)15-8-6-14(7-9-15)19(20,21)22)23-17(27-11)12-2-4-13(5-3-12)18(24)25/h2-9H,10H2,1H3,(H,24,25). The number of hydrogen-bond acceptors (Lipinski definition) is 4. The van der Waals surface area contributed by atoms with Gasteiger partial charge < -0.3 is 9.52 Å². The van der Waals surface area contributed by atoms with Gasteiger partial charge in [0.1, 0.15) is 5.76 Å². The van der Waals surface area contributed by atoms with Crippen LogP contribution in [-0.4, -0.2) is 20.3 Å². The van der Waals surface area contributed by atoms with Gasteiger partial charge in [-0.2, -0.15) is 13.2 Å². The molecule has 0 spiro atoms. The van der Waals surface area contributed by atoms with Gasteiger partial charge in [-0.3, -0.25) is 4.21 Å². The molecule has 3 aromatic rings. The van der Waals surface area contributed by atoms with Gasteiger partial charge in [0.05, 0.1) is 33.4 Å². The lowest BCUT2D eigenvalue weighted by molar-refractivity contribution is -0.137. The average molecular weight is 409 g/mol. The van der Waals surface area contributed by atoms with E-state index in [9.17, 15) is 22.2 Å². The fourth-order valence-corrected chi connectivity index (χ4v) is 3.57. The number of aromatic carboxylic acids is 1. The Labute approximate surface area is 160 Å². The molecular weight excluding hydrogens is 395 g/mol. The molecule has 1 N–H and O–H groups in total. The number of rotatable bonds is 5. The Morgan fingerprint density at radius 2 is 1.71 bits per heavy atom. The van der Waals surface area contributed by atoms with Gasteiger partial charge in [0, 0.05) is 10.5 Å². The lowest BCUT2D eigenvalue weighted by atomic mass is 10.1. The van der Waals surface area contributed by atoms with Crippen LogP contribution in [-0.2, 0) is 22.7 Å². The number of hydrogen-bond donors (Lipinski definition) is 1. The lowest BCUT2D eigenvalue weighted by Gasteiger charge is -2.07. The third-order valence-corrected chi connectivity index (χ3v) is 5.32. The maximum atomic E-state index is 12.6.